The first-order chi connectivity index (χ1) is 22.1. The molecule has 8 rings (SSSR count). The smallest absolute Gasteiger partial charge is 0.170 e. The standard InChI is InChI=1S/C34H33N11/c1-43-41-33(40-42-43)25-11-12-29-26(17-25)18-28(23-5-3-2-4-6-23)30(39-29)24-9-7-22(8-10-24)19-44-15-13-27(14-16-44)45-21-38-31-32(35)36-20-37-34(31)45/h2-12,17-18,20-21,27,42H,13-16,19H2,1H3,(H,40,41)(H2,35,36,37). The van der Waals surface area contributed by atoms with Gasteiger partial charge in [0.2, 0.25) is 0 Å². The molecule has 1 saturated heterocycles. The summed E-state index contributed by atoms with van der Waals surface area (Å²) in [4.78, 5) is 20.7. The molecule has 45 heavy (non-hydrogen) atoms. The summed E-state index contributed by atoms with van der Waals surface area (Å²) in [6.07, 6.45) is 5.44. The second-order valence-electron chi connectivity index (χ2n) is 11.7. The SMILES string of the molecule is CN1NN=C(c2ccc3nc(-c4ccc(CN5CCC(n6cnc7c(N)ncnc76)CC5)cc4)c(-c4ccccc4)cc3c2)N1. The Balaban J connectivity index is 1.02. The number of fused-ring (bicyclic) bond motifs is 2. The number of amidine groups is 1. The van der Waals surface area contributed by atoms with Crippen molar-refractivity contribution < 1.29 is 0 Å². The van der Waals surface area contributed by atoms with Crippen molar-refractivity contribution in [2.75, 3.05) is 25.9 Å². The average molecular weight is 596 g/mol. The molecule has 2 aliphatic rings. The molecule has 6 aromatic rings. The van der Waals surface area contributed by atoms with Gasteiger partial charge in [0.05, 0.1) is 17.5 Å². The summed E-state index contributed by atoms with van der Waals surface area (Å²) >= 11 is 0. The predicted molar refractivity (Wildman–Crippen MR) is 176 cm³/mol. The molecule has 11 nitrogen and oxygen atoms in total. The van der Waals surface area contributed by atoms with E-state index in [-0.39, 0.29) is 0 Å². The number of piperidine rings is 1. The van der Waals surface area contributed by atoms with Gasteiger partial charge in [-0.25, -0.2) is 25.5 Å². The van der Waals surface area contributed by atoms with Crippen LogP contribution in [0.2, 0.25) is 0 Å². The van der Waals surface area contributed by atoms with Crippen molar-refractivity contribution in [2.45, 2.75) is 25.4 Å². The number of likely N-dealkylation sites (tertiary alicyclic amines) is 1. The Kier molecular flexibility index (Phi) is 6.81. The first kappa shape index (κ1) is 27.2. The zero-order valence-electron chi connectivity index (χ0n) is 24.9. The molecule has 1 fully saturated rings. The maximum Gasteiger partial charge on any atom is 0.170 e. The minimum Gasteiger partial charge on any atom is -0.382 e. The number of hydrazone groups is 1. The van der Waals surface area contributed by atoms with Crippen LogP contribution in [0.25, 0.3) is 44.5 Å². The topological polar surface area (TPSA) is 125 Å². The van der Waals surface area contributed by atoms with Crippen LogP contribution in [0.4, 0.5) is 5.82 Å². The van der Waals surface area contributed by atoms with Gasteiger partial charge in [0, 0.05) is 54.8 Å². The van der Waals surface area contributed by atoms with Gasteiger partial charge in [0.15, 0.2) is 17.3 Å². The number of rotatable bonds is 6. The number of anilines is 1. The van der Waals surface area contributed by atoms with Gasteiger partial charge >= 0.3 is 0 Å². The van der Waals surface area contributed by atoms with Crippen molar-refractivity contribution in [1.82, 2.24) is 45.5 Å². The lowest BCUT2D eigenvalue weighted by Crippen LogP contribution is -2.37. The molecular formula is C34H33N11. The van der Waals surface area contributed by atoms with E-state index in [9.17, 15) is 0 Å². The van der Waals surface area contributed by atoms with Crippen LogP contribution in [0.15, 0.2) is 96.6 Å². The number of hydrazine groups is 2. The molecule has 0 spiro atoms. The van der Waals surface area contributed by atoms with Crippen molar-refractivity contribution in [3.8, 4) is 22.4 Å². The third-order valence-electron chi connectivity index (χ3n) is 8.73. The highest BCUT2D eigenvalue weighted by Crippen LogP contribution is 2.34. The highest BCUT2D eigenvalue weighted by atomic mass is 15.9. The highest BCUT2D eigenvalue weighted by molar-refractivity contribution is 6.02. The lowest BCUT2D eigenvalue weighted by atomic mass is 9.96. The third-order valence-corrected chi connectivity index (χ3v) is 8.73. The number of nitrogen functional groups attached to an aromatic ring is 1. The van der Waals surface area contributed by atoms with Crippen molar-refractivity contribution >= 4 is 33.7 Å². The van der Waals surface area contributed by atoms with E-state index in [4.69, 9.17) is 10.7 Å². The molecule has 0 unspecified atom stereocenters. The van der Waals surface area contributed by atoms with Gasteiger partial charge in [-0.1, -0.05) is 54.6 Å². The molecule has 0 radical (unpaired) electrons. The summed E-state index contributed by atoms with van der Waals surface area (Å²) in [5.74, 6) is 1.21. The van der Waals surface area contributed by atoms with Gasteiger partial charge in [0.1, 0.15) is 11.8 Å². The number of hydrogen-bond donors (Lipinski definition) is 3. The van der Waals surface area contributed by atoms with Crippen LogP contribution >= 0.6 is 0 Å². The monoisotopic (exact) mass is 595 g/mol. The van der Waals surface area contributed by atoms with E-state index in [2.05, 4.69) is 113 Å². The average Bonchev–Trinajstić information content (AvgIpc) is 3.72. The number of imidazole rings is 1. The summed E-state index contributed by atoms with van der Waals surface area (Å²) in [5, 5.41) is 7.15. The second kappa shape index (κ2) is 11.3. The van der Waals surface area contributed by atoms with E-state index in [1.165, 1.54) is 11.9 Å². The van der Waals surface area contributed by atoms with Gasteiger partial charge in [-0.3, -0.25) is 10.3 Å². The zero-order valence-corrected chi connectivity index (χ0v) is 24.9. The van der Waals surface area contributed by atoms with Crippen LogP contribution in [0, 0.1) is 0 Å². The summed E-state index contributed by atoms with van der Waals surface area (Å²) in [5.41, 5.74) is 21.2. The number of nitrogens with two attached hydrogens (primary N) is 1. The Morgan fingerprint density at radius 1 is 0.867 bits per heavy atom. The fourth-order valence-corrected chi connectivity index (χ4v) is 6.36. The Hall–Kier alpha value is -5.39. The molecule has 0 amide bonds. The maximum atomic E-state index is 6.00. The molecule has 0 atom stereocenters. The van der Waals surface area contributed by atoms with Gasteiger partial charge in [0.25, 0.3) is 0 Å². The van der Waals surface area contributed by atoms with E-state index in [0.717, 1.165) is 82.8 Å². The summed E-state index contributed by atoms with van der Waals surface area (Å²) in [6, 6.07) is 28.2. The number of pyridine rings is 1. The van der Waals surface area contributed by atoms with Crippen LogP contribution in [-0.2, 0) is 6.54 Å². The Morgan fingerprint density at radius 2 is 1.67 bits per heavy atom. The molecule has 3 aromatic carbocycles. The van der Waals surface area contributed by atoms with Crippen LogP contribution < -0.4 is 16.7 Å². The quantitative estimate of drug-likeness (QED) is 0.250. The maximum absolute atomic E-state index is 6.00. The van der Waals surface area contributed by atoms with Crippen LogP contribution in [0.5, 0.6) is 0 Å². The zero-order chi connectivity index (χ0) is 30.3. The lowest BCUT2D eigenvalue weighted by Gasteiger charge is -2.32. The minimum absolute atomic E-state index is 0.356. The number of aromatic nitrogens is 5. The van der Waals surface area contributed by atoms with Crippen molar-refractivity contribution in [3.05, 3.63) is 103 Å². The molecular weight excluding hydrogens is 562 g/mol. The van der Waals surface area contributed by atoms with Crippen molar-refractivity contribution in [3.63, 3.8) is 0 Å². The Morgan fingerprint density at radius 3 is 2.44 bits per heavy atom. The summed E-state index contributed by atoms with van der Waals surface area (Å²) in [7, 11) is 1.88. The largest absolute Gasteiger partial charge is 0.382 e. The second-order valence-corrected chi connectivity index (χ2v) is 11.7. The fourth-order valence-electron chi connectivity index (χ4n) is 6.36. The van der Waals surface area contributed by atoms with Crippen LogP contribution in [0.3, 0.4) is 0 Å². The number of hydrogen-bond acceptors (Lipinski definition) is 10. The Labute approximate surface area is 260 Å². The number of benzene rings is 3. The normalized spacial score (nSPS) is 16.2. The van der Waals surface area contributed by atoms with Crippen LogP contribution in [0.1, 0.15) is 30.0 Å². The van der Waals surface area contributed by atoms with Crippen LogP contribution in [-0.4, -0.2) is 60.5 Å². The minimum atomic E-state index is 0.356. The molecule has 224 valence electrons. The molecule has 0 bridgehead atoms. The molecule has 5 heterocycles. The van der Waals surface area contributed by atoms with Gasteiger partial charge < -0.3 is 10.3 Å². The lowest BCUT2D eigenvalue weighted by molar-refractivity contribution is 0.181. The Bertz CT molecular complexity index is 2030. The summed E-state index contributed by atoms with van der Waals surface area (Å²) in [6.45, 7) is 2.93. The van der Waals surface area contributed by atoms with E-state index >= 15 is 0 Å². The predicted octanol–water partition coefficient (Wildman–Crippen LogP) is 4.74. The third kappa shape index (κ3) is 5.22. The van der Waals surface area contributed by atoms with Gasteiger partial charge in [-0.2, -0.15) is 0 Å². The molecule has 2 aliphatic heterocycles. The van der Waals surface area contributed by atoms with E-state index in [1.54, 1.807) is 5.12 Å². The van der Waals surface area contributed by atoms with Crippen molar-refractivity contribution in [1.29, 1.82) is 0 Å². The first-order valence-corrected chi connectivity index (χ1v) is 15.2. The molecule has 0 aliphatic carbocycles. The van der Waals surface area contributed by atoms with E-state index in [1.807, 2.05) is 19.4 Å². The molecule has 3 aromatic heterocycles. The number of nitrogens with zero attached hydrogens (tertiary/aromatic N) is 8. The molecule has 11 heteroatoms. The number of nitrogens with one attached hydrogen (secondary N) is 2. The van der Waals surface area contributed by atoms with Gasteiger partial charge in [-0.05, 0) is 48.2 Å². The van der Waals surface area contributed by atoms with E-state index in [0.29, 0.717) is 17.4 Å². The summed E-state index contributed by atoms with van der Waals surface area (Å²) < 4.78 is 2.16. The first-order valence-electron chi connectivity index (χ1n) is 15.2. The van der Waals surface area contributed by atoms with Gasteiger partial charge in [-0.15, -0.1) is 10.2 Å². The highest BCUT2D eigenvalue weighted by Gasteiger charge is 2.23. The van der Waals surface area contributed by atoms with Crippen molar-refractivity contribution in [2.24, 2.45) is 5.10 Å². The fraction of sp³-hybridized carbons (Fsp3) is 0.206. The molecule has 4 N–H and O–H groups in total. The van der Waals surface area contributed by atoms with E-state index < -0.39 is 0 Å². The molecule has 0 saturated carbocycles.